The van der Waals surface area contributed by atoms with Crippen LogP contribution in [0.2, 0.25) is 0 Å². The van der Waals surface area contributed by atoms with Gasteiger partial charge in [0.2, 0.25) is 0 Å². The number of fused-ring (bicyclic) bond motifs is 1. The average molecular weight is 343 g/mol. The number of aromatic nitrogens is 1. The van der Waals surface area contributed by atoms with Crippen LogP contribution in [0.3, 0.4) is 0 Å². The molecule has 0 aliphatic heterocycles. The third-order valence-electron chi connectivity index (χ3n) is 3.70. The molecule has 0 radical (unpaired) electrons. The van der Waals surface area contributed by atoms with Crippen molar-refractivity contribution in [3.05, 3.63) is 60.3 Å². The number of hydrogen-bond acceptors (Lipinski definition) is 3. The number of amides is 2. The standard InChI is InChI=1S/C17H17N3O3S/c1-12-3-6-15(7-4-12)24(22,23)19-17(21)18-14-5-8-16-13(11-14)9-10-20(16)2/h3-11H,1-2H3,(H2,18,19,21). The maximum absolute atomic E-state index is 12.2. The number of aryl methyl sites for hydroxylation is 2. The molecule has 24 heavy (non-hydrogen) atoms. The molecule has 7 heteroatoms. The number of anilines is 1. The summed E-state index contributed by atoms with van der Waals surface area (Å²) >= 11 is 0. The number of nitrogens with one attached hydrogen (secondary N) is 2. The summed E-state index contributed by atoms with van der Waals surface area (Å²) in [6.07, 6.45) is 1.91. The minimum Gasteiger partial charge on any atom is -0.351 e. The zero-order valence-corrected chi connectivity index (χ0v) is 14.1. The summed E-state index contributed by atoms with van der Waals surface area (Å²) < 4.78 is 28.3. The number of sulfonamides is 1. The fraction of sp³-hybridized carbons (Fsp3) is 0.118. The summed E-state index contributed by atoms with van der Waals surface area (Å²) in [5, 5.41) is 3.50. The number of rotatable bonds is 3. The normalized spacial score (nSPS) is 11.4. The predicted octanol–water partition coefficient (Wildman–Crippen LogP) is 3.00. The van der Waals surface area contributed by atoms with E-state index in [2.05, 4.69) is 5.32 Å². The van der Waals surface area contributed by atoms with Crippen LogP contribution < -0.4 is 10.0 Å². The van der Waals surface area contributed by atoms with Crippen LogP contribution in [0, 0.1) is 6.92 Å². The van der Waals surface area contributed by atoms with Crippen LogP contribution in [-0.4, -0.2) is 19.0 Å². The van der Waals surface area contributed by atoms with E-state index in [1.807, 2.05) is 41.6 Å². The molecule has 3 rings (SSSR count). The first-order chi connectivity index (χ1) is 11.3. The Morgan fingerprint density at radius 3 is 2.46 bits per heavy atom. The van der Waals surface area contributed by atoms with Gasteiger partial charge in [0.25, 0.3) is 10.0 Å². The van der Waals surface area contributed by atoms with Crippen molar-refractivity contribution >= 4 is 32.6 Å². The van der Waals surface area contributed by atoms with E-state index in [0.717, 1.165) is 16.5 Å². The van der Waals surface area contributed by atoms with Crippen LogP contribution in [-0.2, 0) is 17.1 Å². The Hall–Kier alpha value is -2.80. The molecule has 0 aliphatic rings. The summed E-state index contributed by atoms with van der Waals surface area (Å²) in [5.41, 5.74) is 2.48. The molecular weight excluding hydrogens is 326 g/mol. The van der Waals surface area contributed by atoms with E-state index >= 15 is 0 Å². The van der Waals surface area contributed by atoms with Gasteiger partial charge in [-0.25, -0.2) is 17.9 Å². The fourth-order valence-electron chi connectivity index (χ4n) is 2.41. The van der Waals surface area contributed by atoms with Crippen molar-refractivity contribution in [2.45, 2.75) is 11.8 Å². The van der Waals surface area contributed by atoms with Crippen LogP contribution >= 0.6 is 0 Å². The van der Waals surface area contributed by atoms with Crippen LogP contribution in [0.25, 0.3) is 10.9 Å². The molecule has 0 unspecified atom stereocenters. The largest absolute Gasteiger partial charge is 0.351 e. The Morgan fingerprint density at radius 2 is 1.75 bits per heavy atom. The summed E-state index contributed by atoms with van der Waals surface area (Å²) in [6.45, 7) is 1.86. The smallest absolute Gasteiger partial charge is 0.333 e. The van der Waals surface area contributed by atoms with E-state index in [-0.39, 0.29) is 4.90 Å². The number of nitrogens with zero attached hydrogens (tertiary/aromatic N) is 1. The number of urea groups is 1. The van der Waals surface area contributed by atoms with Gasteiger partial charge >= 0.3 is 6.03 Å². The van der Waals surface area contributed by atoms with Crippen molar-refractivity contribution in [3.63, 3.8) is 0 Å². The van der Waals surface area contributed by atoms with Crippen molar-refractivity contribution in [1.29, 1.82) is 0 Å². The highest BCUT2D eigenvalue weighted by molar-refractivity contribution is 7.90. The monoisotopic (exact) mass is 343 g/mol. The molecule has 0 saturated carbocycles. The van der Waals surface area contributed by atoms with E-state index in [0.29, 0.717) is 5.69 Å². The summed E-state index contributed by atoms with van der Waals surface area (Å²) in [4.78, 5) is 12.0. The minimum atomic E-state index is -3.90. The quantitative estimate of drug-likeness (QED) is 0.767. The fourth-order valence-corrected chi connectivity index (χ4v) is 3.32. The first kappa shape index (κ1) is 16.1. The topological polar surface area (TPSA) is 80.2 Å². The summed E-state index contributed by atoms with van der Waals surface area (Å²) in [6, 6.07) is 12.8. The van der Waals surface area contributed by atoms with Gasteiger partial charge in [0, 0.05) is 29.8 Å². The number of carbonyl (C=O) groups is 1. The Kier molecular flexibility index (Phi) is 4.02. The van der Waals surface area contributed by atoms with Crippen LogP contribution in [0.5, 0.6) is 0 Å². The van der Waals surface area contributed by atoms with Crippen molar-refractivity contribution < 1.29 is 13.2 Å². The third-order valence-corrected chi connectivity index (χ3v) is 5.05. The van der Waals surface area contributed by atoms with Gasteiger partial charge in [-0.3, -0.25) is 0 Å². The first-order valence-electron chi connectivity index (χ1n) is 7.31. The second-order valence-electron chi connectivity index (χ2n) is 5.57. The van der Waals surface area contributed by atoms with Gasteiger partial charge in [0.15, 0.2) is 0 Å². The van der Waals surface area contributed by atoms with Gasteiger partial charge in [-0.05, 0) is 43.3 Å². The van der Waals surface area contributed by atoms with E-state index in [4.69, 9.17) is 0 Å². The zero-order valence-electron chi connectivity index (χ0n) is 13.3. The first-order valence-corrected chi connectivity index (χ1v) is 8.79. The van der Waals surface area contributed by atoms with Crippen LogP contribution in [0.15, 0.2) is 59.6 Å². The van der Waals surface area contributed by atoms with Crippen LogP contribution in [0.1, 0.15) is 5.56 Å². The highest BCUT2D eigenvalue weighted by Crippen LogP contribution is 2.19. The lowest BCUT2D eigenvalue weighted by atomic mass is 10.2. The van der Waals surface area contributed by atoms with Crippen molar-refractivity contribution in [2.24, 2.45) is 7.05 Å². The van der Waals surface area contributed by atoms with Gasteiger partial charge in [-0.1, -0.05) is 17.7 Å². The number of carbonyl (C=O) groups excluding carboxylic acids is 1. The van der Waals surface area contributed by atoms with Gasteiger partial charge < -0.3 is 9.88 Å². The minimum absolute atomic E-state index is 0.0433. The van der Waals surface area contributed by atoms with Crippen molar-refractivity contribution in [3.8, 4) is 0 Å². The Labute approximate surface area is 140 Å². The Bertz CT molecular complexity index is 1010. The molecule has 1 aromatic heterocycles. The molecule has 0 fully saturated rings. The molecule has 0 bridgehead atoms. The molecule has 2 N–H and O–H groups in total. The highest BCUT2D eigenvalue weighted by atomic mass is 32.2. The zero-order chi connectivity index (χ0) is 17.3. The molecule has 0 spiro atoms. The van der Waals surface area contributed by atoms with E-state index < -0.39 is 16.1 Å². The second kappa shape index (κ2) is 6.01. The number of hydrogen-bond donors (Lipinski definition) is 2. The molecule has 2 aromatic carbocycles. The lowest BCUT2D eigenvalue weighted by Gasteiger charge is -2.09. The van der Waals surface area contributed by atoms with Gasteiger partial charge in [0.05, 0.1) is 4.90 Å². The molecule has 3 aromatic rings. The van der Waals surface area contributed by atoms with Crippen LogP contribution in [0.4, 0.5) is 10.5 Å². The van der Waals surface area contributed by atoms with Gasteiger partial charge in [0.1, 0.15) is 0 Å². The van der Waals surface area contributed by atoms with E-state index in [9.17, 15) is 13.2 Å². The highest BCUT2D eigenvalue weighted by Gasteiger charge is 2.17. The van der Waals surface area contributed by atoms with Gasteiger partial charge in [-0.2, -0.15) is 0 Å². The maximum Gasteiger partial charge on any atom is 0.333 e. The third kappa shape index (κ3) is 3.26. The van der Waals surface area contributed by atoms with E-state index in [1.165, 1.54) is 12.1 Å². The maximum atomic E-state index is 12.2. The number of benzene rings is 2. The Morgan fingerprint density at radius 1 is 1.04 bits per heavy atom. The lowest BCUT2D eigenvalue weighted by Crippen LogP contribution is -2.34. The van der Waals surface area contributed by atoms with Crippen molar-refractivity contribution in [2.75, 3.05) is 5.32 Å². The Balaban J connectivity index is 1.75. The summed E-state index contributed by atoms with van der Waals surface area (Å²) in [7, 11) is -1.97. The predicted molar refractivity (Wildman–Crippen MR) is 93.4 cm³/mol. The van der Waals surface area contributed by atoms with Gasteiger partial charge in [-0.15, -0.1) is 0 Å². The second-order valence-corrected chi connectivity index (χ2v) is 7.26. The SMILES string of the molecule is Cc1ccc(S(=O)(=O)NC(=O)Nc2ccc3c(ccn3C)c2)cc1. The molecule has 2 amide bonds. The molecule has 1 heterocycles. The molecule has 0 aliphatic carbocycles. The van der Waals surface area contributed by atoms with E-state index in [1.54, 1.807) is 24.3 Å². The summed E-state index contributed by atoms with van der Waals surface area (Å²) in [5.74, 6) is 0. The molecule has 6 nitrogen and oxygen atoms in total. The molecule has 0 atom stereocenters. The average Bonchev–Trinajstić information content (AvgIpc) is 2.88. The molecule has 124 valence electrons. The lowest BCUT2D eigenvalue weighted by molar-refractivity contribution is 0.256. The molecule has 0 saturated heterocycles. The van der Waals surface area contributed by atoms with Crippen molar-refractivity contribution in [1.82, 2.24) is 9.29 Å². The molecular formula is C17H17N3O3S.